The number of para-hydroxylation sites is 1. The lowest BCUT2D eigenvalue weighted by atomic mass is 10.2. The maximum Gasteiger partial charge on any atom is 0.260 e. The van der Waals surface area contributed by atoms with Crippen molar-refractivity contribution in [1.82, 2.24) is 9.88 Å². The molecule has 3 aromatic carbocycles. The van der Waals surface area contributed by atoms with Crippen molar-refractivity contribution in [1.29, 1.82) is 0 Å². The van der Waals surface area contributed by atoms with Gasteiger partial charge in [0.05, 0.1) is 4.70 Å². The number of likely N-dealkylation sites (N-methyl/N-ethyl adjacent to an activating group) is 1. The summed E-state index contributed by atoms with van der Waals surface area (Å²) < 4.78 is 33.9. The maximum absolute atomic E-state index is 14.2. The van der Waals surface area contributed by atoms with Gasteiger partial charge >= 0.3 is 0 Å². The Morgan fingerprint density at radius 2 is 1.64 bits per heavy atom. The molecule has 0 N–H and O–H groups in total. The molecule has 0 atom stereocenters. The fraction of sp³-hybridized carbons (Fsp3) is 0.167. The number of hydrogen-bond acceptors (Lipinski definition) is 5. The number of aromatic nitrogens is 1. The maximum atomic E-state index is 14.2. The fourth-order valence-electron chi connectivity index (χ4n) is 3.09. The lowest BCUT2D eigenvalue weighted by Crippen LogP contribution is -2.36. The minimum absolute atomic E-state index is 0. The third kappa shape index (κ3) is 5.84. The van der Waals surface area contributed by atoms with Crippen LogP contribution in [0.5, 0.6) is 11.5 Å². The van der Waals surface area contributed by atoms with Gasteiger partial charge in [-0.1, -0.05) is 29.5 Å². The number of benzene rings is 3. The van der Waals surface area contributed by atoms with E-state index < -0.39 is 11.6 Å². The second-order valence-electron chi connectivity index (χ2n) is 7.43. The molecule has 9 heteroatoms. The molecule has 0 aliphatic rings. The van der Waals surface area contributed by atoms with Crippen molar-refractivity contribution in [2.45, 2.75) is 0 Å². The molecule has 33 heavy (non-hydrogen) atoms. The number of rotatable bonds is 7. The van der Waals surface area contributed by atoms with Crippen LogP contribution in [0.1, 0.15) is 10.4 Å². The molecule has 1 heterocycles. The number of carbonyl (C=O) groups excluding carboxylic acids is 1. The average molecular weight is 490 g/mol. The summed E-state index contributed by atoms with van der Waals surface area (Å²) in [6.07, 6.45) is 0. The van der Waals surface area contributed by atoms with E-state index >= 15 is 0 Å². The van der Waals surface area contributed by atoms with Crippen LogP contribution in [-0.4, -0.2) is 43.0 Å². The zero-order valence-corrected chi connectivity index (χ0v) is 19.6. The molecule has 0 saturated carbocycles. The molecule has 1 aromatic heterocycles. The predicted octanol–water partition coefficient (Wildman–Crippen LogP) is 6.00. The molecule has 1 amide bonds. The third-order valence-corrected chi connectivity index (χ3v) is 5.75. The van der Waals surface area contributed by atoms with Gasteiger partial charge in [0.2, 0.25) is 0 Å². The first-order valence-corrected chi connectivity index (χ1v) is 10.8. The first-order valence-electron chi connectivity index (χ1n) is 9.96. The van der Waals surface area contributed by atoms with Crippen molar-refractivity contribution >= 4 is 45.0 Å². The van der Waals surface area contributed by atoms with Crippen LogP contribution < -0.4 is 9.64 Å². The van der Waals surface area contributed by atoms with Crippen molar-refractivity contribution in [3.63, 3.8) is 0 Å². The molecule has 0 aliphatic carbocycles. The third-order valence-electron chi connectivity index (χ3n) is 4.73. The number of thiazole rings is 1. The predicted molar refractivity (Wildman–Crippen MR) is 130 cm³/mol. The highest BCUT2D eigenvalue weighted by Crippen LogP contribution is 2.32. The molecule has 0 bridgehead atoms. The van der Waals surface area contributed by atoms with Gasteiger partial charge in [-0.05, 0) is 56.6 Å². The van der Waals surface area contributed by atoms with Crippen LogP contribution in [-0.2, 0) is 0 Å². The summed E-state index contributed by atoms with van der Waals surface area (Å²) >= 11 is 1.08. The van der Waals surface area contributed by atoms with Crippen molar-refractivity contribution in [3.8, 4) is 11.5 Å². The standard InChI is InChI=1S/C24H21F2N3O2S.ClH/c1-28(2)12-13-29(24-27-22-20(26)14-17(25)15-21(22)32-24)23(30)16-8-10-19(11-9-16)31-18-6-4-3-5-7-18;/h3-11,14-15H,12-13H2,1-2H3;1H. The van der Waals surface area contributed by atoms with Crippen LogP contribution in [0.3, 0.4) is 0 Å². The summed E-state index contributed by atoms with van der Waals surface area (Å²) in [4.78, 5) is 21.0. The molecule has 5 nitrogen and oxygen atoms in total. The Morgan fingerprint density at radius 3 is 2.30 bits per heavy atom. The lowest BCUT2D eigenvalue weighted by Gasteiger charge is -2.22. The lowest BCUT2D eigenvalue weighted by molar-refractivity contribution is 0.0985. The summed E-state index contributed by atoms with van der Waals surface area (Å²) in [5, 5.41) is 0.320. The number of anilines is 1. The first kappa shape index (κ1) is 24.6. The Balaban J connectivity index is 0.00000306. The van der Waals surface area contributed by atoms with Gasteiger partial charge in [-0.3, -0.25) is 9.69 Å². The quantitative estimate of drug-likeness (QED) is 0.319. The summed E-state index contributed by atoms with van der Waals surface area (Å²) in [5.74, 6) is -0.401. The van der Waals surface area contributed by atoms with E-state index in [1.807, 2.05) is 49.3 Å². The minimum Gasteiger partial charge on any atom is -0.457 e. The highest BCUT2D eigenvalue weighted by atomic mass is 35.5. The molecular weight excluding hydrogens is 468 g/mol. The smallest absolute Gasteiger partial charge is 0.260 e. The van der Waals surface area contributed by atoms with Crippen molar-refractivity contribution in [3.05, 3.63) is 83.9 Å². The van der Waals surface area contributed by atoms with Gasteiger partial charge in [0.25, 0.3) is 5.91 Å². The summed E-state index contributed by atoms with van der Waals surface area (Å²) in [6, 6.07) is 18.2. The summed E-state index contributed by atoms with van der Waals surface area (Å²) in [5.41, 5.74) is 0.496. The van der Waals surface area contributed by atoms with Gasteiger partial charge in [-0.2, -0.15) is 0 Å². The van der Waals surface area contributed by atoms with E-state index in [2.05, 4.69) is 4.98 Å². The summed E-state index contributed by atoms with van der Waals surface area (Å²) in [6.45, 7) is 0.922. The molecule has 0 saturated heterocycles. The highest BCUT2D eigenvalue weighted by molar-refractivity contribution is 7.22. The fourth-order valence-corrected chi connectivity index (χ4v) is 4.12. The molecule has 0 fully saturated rings. The van der Waals surface area contributed by atoms with E-state index in [4.69, 9.17) is 4.74 Å². The highest BCUT2D eigenvalue weighted by Gasteiger charge is 2.23. The Labute approximate surface area is 200 Å². The average Bonchev–Trinajstić information content (AvgIpc) is 3.19. The largest absolute Gasteiger partial charge is 0.457 e. The molecule has 4 rings (SSSR count). The number of hydrogen-bond donors (Lipinski definition) is 0. The van der Waals surface area contributed by atoms with Crippen molar-refractivity contribution in [2.75, 3.05) is 32.1 Å². The van der Waals surface area contributed by atoms with Crippen LogP contribution in [0.2, 0.25) is 0 Å². The Bertz CT molecular complexity index is 1230. The van der Waals surface area contributed by atoms with Gasteiger partial charge in [-0.15, -0.1) is 12.4 Å². The Kier molecular flexibility index (Phi) is 7.97. The molecule has 4 aromatic rings. The number of halogens is 3. The number of fused-ring (bicyclic) bond motifs is 1. The second kappa shape index (κ2) is 10.7. The van der Waals surface area contributed by atoms with Gasteiger partial charge in [0, 0.05) is 24.7 Å². The van der Waals surface area contributed by atoms with Crippen molar-refractivity contribution < 1.29 is 18.3 Å². The van der Waals surface area contributed by atoms with Crippen LogP contribution in [0.15, 0.2) is 66.7 Å². The Hall–Kier alpha value is -3.07. The van der Waals surface area contributed by atoms with E-state index in [9.17, 15) is 13.6 Å². The number of ether oxygens (including phenoxy) is 1. The monoisotopic (exact) mass is 489 g/mol. The number of carbonyl (C=O) groups is 1. The van der Waals surface area contributed by atoms with Crippen LogP contribution in [0.4, 0.5) is 13.9 Å². The minimum atomic E-state index is -0.745. The molecule has 0 radical (unpaired) electrons. The molecular formula is C24H22ClF2N3O2S. The Morgan fingerprint density at radius 1 is 0.970 bits per heavy atom. The zero-order valence-electron chi connectivity index (χ0n) is 18.0. The van der Waals surface area contributed by atoms with E-state index in [1.165, 1.54) is 11.0 Å². The topological polar surface area (TPSA) is 45.7 Å². The van der Waals surface area contributed by atoms with Gasteiger partial charge in [0.15, 0.2) is 10.9 Å². The van der Waals surface area contributed by atoms with E-state index in [1.54, 1.807) is 24.3 Å². The molecule has 0 spiro atoms. The molecule has 172 valence electrons. The van der Waals surface area contributed by atoms with Gasteiger partial charge in [-0.25, -0.2) is 13.8 Å². The van der Waals surface area contributed by atoms with E-state index in [-0.39, 0.29) is 23.8 Å². The zero-order chi connectivity index (χ0) is 22.7. The number of nitrogens with zero attached hydrogens (tertiary/aromatic N) is 3. The van der Waals surface area contributed by atoms with Crippen molar-refractivity contribution in [2.24, 2.45) is 0 Å². The van der Waals surface area contributed by atoms with Gasteiger partial charge < -0.3 is 9.64 Å². The van der Waals surface area contributed by atoms with E-state index in [0.29, 0.717) is 40.0 Å². The van der Waals surface area contributed by atoms with E-state index in [0.717, 1.165) is 17.4 Å². The summed E-state index contributed by atoms with van der Waals surface area (Å²) in [7, 11) is 3.79. The second-order valence-corrected chi connectivity index (χ2v) is 8.44. The van der Waals surface area contributed by atoms with Gasteiger partial charge in [0.1, 0.15) is 22.8 Å². The first-order chi connectivity index (χ1) is 15.4. The van der Waals surface area contributed by atoms with Crippen LogP contribution in [0.25, 0.3) is 10.2 Å². The molecule has 0 aliphatic heterocycles. The SMILES string of the molecule is CN(C)CCN(C(=O)c1ccc(Oc2ccccc2)cc1)c1nc2c(F)cc(F)cc2s1.Cl. The van der Waals surface area contributed by atoms with Crippen LogP contribution in [0, 0.1) is 11.6 Å². The number of amides is 1. The van der Waals surface area contributed by atoms with Crippen LogP contribution >= 0.6 is 23.7 Å². The molecule has 0 unspecified atom stereocenters. The normalized spacial score (nSPS) is 10.8.